The van der Waals surface area contributed by atoms with Crippen LogP contribution >= 0.6 is 0 Å². The highest BCUT2D eigenvalue weighted by atomic mass is 32.2. The number of rotatable bonds is 3. The van der Waals surface area contributed by atoms with Gasteiger partial charge in [-0.3, -0.25) is 0 Å². The van der Waals surface area contributed by atoms with Gasteiger partial charge in [0.25, 0.3) is 0 Å². The number of aliphatic hydroxyl groups is 1. The van der Waals surface area contributed by atoms with Crippen molar-refractivity contribution in [3.63, 3.8) is 0 Å². The predicted molar refractivity (Wildman–Crippen MR) is 69.4 cm³/mol. The second-order valence-corrected chi connectivity index (χ2v) is 6.58. The molecule has 1 aliphatic rings. The van der Waals surface area contributed by atoms with Crippen molar-refractivity contribution in [2.45, 2.75) is 24.8 Å². The van der Waals surface area contributed by atoms with Crippen LogP contribution in [0.5, 0.6) is 0 Å². The van der Waals surface area contributed by atoms with Gasteiger partial charge in [0.1, 0.15) is 10.7 Å². The van der Waals surface area contributed by atoms with Crippen molar-refractivity contribution < 1.29 is 22.3 Å². The summed E-state index contributed by atoms with van der Waals surface area (Å²) < 4.78 is 53.3. The summed E-state index contributed by atoms with van der Waals surface area (Å²) in [7, 11) is -4.04. The number of sulfonamides is 1. The van der Waals surface area contributed by atoms with Gasteiger partial charge in [-0.15, -0.1) is 0 Å². The third-order valence-corrected chi connectivity index (χ3v) is 5.09. The normalized spacial score (nSPS) is 17.1. The highest BCUT2D eigenvalue weighted by Gasteiger charge is 2.30. The zero-order chi connectivity index (χ0) is 14.9. The molecule has 0 radical (unpaired) electrons. The average molecular weight is 303 g/mol. The molecule has 0 fully saturated rings. The van der Waals surface area contributed by atoms with Crippen LogP contribution in [0.1, 0.15) is 18.9 Å². The topological polar surface area (TPSA) is 57.6 Å². The van der Waals surface area contributed by atoms with Crippen LogP contribution in [0.3, 0.4) is 0 Å². The number of hydrogen-bond acceptors (Lipinski definition) is 3. The van der Waals surface area contributed by atoms with E-state index in [2.05, 4.69) is 0 Å². The second-order valence-electron chi connectivity index (χ2n) is 4.67. The van der Waals surface area contributed by atoms with Crippen molar-refractivity contribution in [2.75, 3.05) is 13.1 Å². The van der Waals surface area contributed by atoms with Crippen molar-refractivity contribution >= 4 is 10.0 Å². The lowest BCUT2D eigenvalue weighted by Crippen LogP contribution is -2.36. The van der Waals surface area contributed by atoms with Crippen molar-refractivity contribution in [2.24, 2.45) is 0 Å². The van der Waals surface area contributed by atoms with Crippen LogP contribution in [-0.2, 0) is 16.6 Å². The van der Waals surface area contributed by atoms with Gasteiger partial charge < -0.3 is 5.11 Å². The Kier molecular flexibility index (Phi) is 4.22. The third kappa shape index (κ3) is 2.61. The van der Waals surface area contributed by atoms with E-state index in [0.29, 0.717) is 6.42 Å². The second kappa shape index (κ2) is 5.59. The van der Waals surface area contributed by atoms with Crippen LogP contribution in [0.15, 0.2) is 28.7 Å². The fourth-order valence-corrected chi connectivity index (χ4v) is 3.73. The number of hydrogen-bond donors (Lipinski definition) is 1. The molecule has 7 heteroatoms. The van der Waals surface area contributed by atoms with Crippen molar-refractivity contribution in [1.82, 2.24) is 4.31 Å². The van der Waals surface area contributed by atoms with Crippen LogP contribution in [0.2, 0.25) is 0 Å². The van der Waals surface area contributed by atoms with E-state index < -0.39 is 38.7 Å². The highest BCUT2D eigenvalue weighted by Crippen LogP contribution is 2.26. The molecule has 0 saturated heterocycles. The molecule has 1 aromatic carbocycles. The van der Waals surface area contributed by atoms with Crippen molar-refractivity contribution in [1.29, 1.82) is 0 Å². The summed E-state index contributed by atoms with van der Waals surface area (Å²) in [6.45, 7) is 1.35. The van der Waals surface area contributed by atoms with E-state index in [4.69, 9.17) is 5.11 Å². The summed E-state index contributed by atoms with van der Waals surface area (Å²) >= 11 is 0. The highest BCUT2D eigenvalue weighted by molar-refractivity contribution is 7.89. The van der Waals surface area contributed by atoms with Crippen LogP contribution in [0, 0.1) is 11.6 Å². The van der Waals surface area contributed by atoms with Crippen molar-refractivity contribution in [3.05, 3.63) is 41.0 Å². The fraction of sp³-hybridized carbons (Fsp3) is 0.385. The Bertz CT molecular complexity index is 656. The van der Waals surface area contributed by atoms with Gasteiger partial charge in [0.15, 0.2) is 5.82 Å². The van der Waals surface area contributed by atoms with Gasteiger partial charge in [0.05, 0.1) is 12.2 Å². The first kappa shape index (κ1) is 15.1. The molecule has 0 aromatic heterocycles. The van der Waals surface area contributed by atoms with E-state index in [9.17, 15) is 17.2 Å². The Hall–Kier alpha value is -1.31. The van der Waals surface area contributed by atoms with Gasteiger partial charge in [-0.1, -0.05) is 11.6 Å². The van der Waals surface area contributed by atoms with E-state index in [1.54, 1.807) is 6.92 Å². The predicted octanol–water partition coefficient (Wildman–Crippen LogP) is 1.80. The Morgan fingerprint density at radius 3 is 2.65 bits per heavy atom. The first-order valence-corrected chi connectivity index (χ1v) is 7.55. The summed E-state index contributed by atoms with van der Waals surface area (Å²) in [4.78, 5) is -0.599. The van der Waals surface area contributed by atoms with Crippen LogP contribution < -0.4 is 0 Å². The standard InChI is InChI=1S/C13H15F2NO3S/c1-9-3-2-6-16(7-9)20(18,19)12-5-4-11(14)10(8-17)13(12)15/h3-5,17H,2,6-8H2,1H3. The van der Waals surface area contributed by atoms with E-state index in [1.165, 1.54) is 0 Å². The SMILES string of the molecule is CC1=CCCN(S(=O)(=O)c2ccc(F)c(CO)c2F)C1. The third-order valence-electron chi connectivity index (χ3n) is 3.22. The van der Waals surface area contributed by atoms with Crippen LogP contribution in [0.25, 0.3) is 0 Å². The Morgan fingerprint density at radius 1 is 1.35 bits per heavy atom. The molecule has 0 saturated carbocycles. The van der Waals surface area contributed by atoms with Crippen LogP contribution in [-0.4, -0.2) is 30.9 Å². The van der Waals surface area contributed by atoms with Gasteiger partial charge in [-0.05, 0) is 25.5 Å². The first-order chi connectivity index (χ1) is 9.37. The van der Waals surface area contributed by atoms with E-state index in [1.807, 2.05) is 6.08 Å². The van der Waals surface area contributed by atoms with Gasteiger partial charge in [-0.2, -0.15) is 4.31 Å². The first-order valence-electron chi connectivity index (χ1n) is 6.11. The summed E-state index contributed by atoms with van der Waals surface area (Å²) in [5.74, 6) is -2.18. The monoisotopic (exact) mass is 303 g/mol. The van der Waals surface area contributed by atoms with E-state index in [0.717, 1.165) is 22.0 Å². The molecule has 0 spiro atoms. The molecule has 0 atom stereocenters. The average Bonchev–Trinajstić information content (AvgIpc) is 2.39. The van der Waals surface area contributed by atoms with Gasteiger partial charge in [0, 0.05) is 13.1 Å². The van der Waals surface area contributed by atoms with Crippen LogP contribution in [0.4, 0.5) is 8.78 Å². The Labute approximate surface area is 116 Å². The fourth-order valence-electron chi connectivity index (χ4n) is 2.14. The van der Waals surface area contributed by atoms with Crippen molar-refractivity contribution in [3.8, 4) is 0 Å². The minimum Gasteiger partial charge on any atom is -0.391 e. The molecule has 20 heavy (non-hydrogen) atoms. The maximum absolute atomic E-state index is 14.1. The molecule has 0 aliphatic carbocycles. The van der Waals surface area contributed by atoms with Gasteiger partial charge >= 0.3 is 0 Å². The molecule has 1 N–H and O–H groups in total. The molecule has 1 heterocycles. The summed E-state index contributed by atoms with van der Waals surface area (Å²) in [5, 5.41) is 8.94. The van der Waals surface area contributed by atoms with Gasteiger partial charge in [-0.25, -0.2) is 17.2 Å². The minimum atomic E-state index is -4.04. The lowest BCUT2D eigenvalue weighted by Gasteiger charge is -2.25. The zero-order valence-corrected chi connectivity index (χ0v) is 11.8. The summed E-state index contributed by atoms with van der Waals surface area (Å²) in [6, 6.07) is 1.75. The molecule has 0 unspecified atom stereocenters. The maximum Gasteiger partial charge on any atom is 0.246 e. The van der Waals surface area contributed by atoms with E-state index in [-0.39, 0.29) is 13.1 Å². The zero-order valence-electron chi connectivity index (χ0n) is 10.9. The molecule has 0 bridgehead atoms. The molecule has 2 rings (SSSR count). The summed E-state index contributed by atoms with van der Waals surface area (Å²) in [6.07, 6.45) is 2.48. The minimum absolute atomic E-state index is 0.188. The molecule has 1 aromatic rings. The Morgan fingerprint density at radius 2 is 2.05 bits per heavy atom. The quantitative estimate of drug-likeness (QED) is 0.866. The molecular weight excluding hydrogens is 288 g/mol. The number of benzene rings is 1. The molecule has 0 amide bonds. The smallest absolute Gasteiger partial charge is 0.246 e. The molecule has 110 valence electrons. The van der Waals surface area contributed by atoms with E-state index >= 15 is 0 Å². The lowest BCUT2D eigenvalue weighted by atomic mass is 10.2. The molecule has 1 aliphatic heterocycles. The maximum atomic E-state index is 14.1. The summed E-state index contributed by atoms with van der Waals surface area (Å²) in [5.41, 5.74) is 0.250. The molecular formula is C13H15F2NO3S. The number of halogens is 2. The number of nitrogens with zero attached hydrogens (tertiary/aromatic N) is 1. The lowest BCUT2D eigenvalue weighted by molar-refractivity contribution is 0.267. The number of aliphatic hydroxyl groups excluding tert-OH is 1. The largest absolute Gasteiger partial charge is 0.391 e. The Balaban J connectivity index is 2.48. The molecule has 4 nitrogen and oxygen atoms in total. The van der Waals surface area contributed by atoms with Gasteiger partial charge in [0.2, 0.25) is 10.0 Å².